The number of amides is 1. The lowest BCUT2D eigenvalue weighted by atomic mass is 10.1. The molecule has 1 aliphatic carbocycles. The van der Waals surface area contributed by atoms with E-state index in [0.717, 1.165) is 31.4 Å². The van der Waals surface area contributed by atoms with Crippen LogP contribution >= 0.6 is 11.6 Å². The van der Waals surface area contributed by atoms with Crippen LogP contribution < -0.4 is 9.64 Å². The maximum absolute atomic E-state index is 12.5. The predicted octanol–water partition coefficient (Wildman–Crippen LogP) is 4.90. The standard InChI is InChI=1S/C24H28ClN5O2/c1-3-4-5-22(31)30-11-10-29(15-16(30)2)24-18(14-26)12-20(23(28-24)17-6-7-17)32-19-8-9-27-21(25)13-19/h8-9,12-13,16-17H,3-7,10-11,15H2,1-2H3. The predicted molar refractivity (Wildman–Crippen MR) is 123 cm³/mol. The summed E-state index contributed by atoms with van der Waals surface area (Å²) in [6.07, 6.45) is 6.23. The highest BCUT2D eigenvalue weighted by atomic mass is 35.5. The average Bonchev–Trinajstić information content (AvgIpc) is 3.62. The molecule has 168 valence electrons. The second-order valence-electron chi connectivity index (χ2n) is 8.53. The highest BCUT2D eigenvalue weighted by molar-refractivity contribution is 6.29. The molecule has 0 aromatic carbocycles. The van der Waals surface area contributed by atoms with Gasteiger partial charge in [-0.3, -0.25) is 4.79 Å². The summed E-state index contributed by atoms with van der Waals surface area (Å²) >= 11 is 5.99. The summed E-state index contributed by atoms with van der Waals surface area (Å²) in [4.78, 5) is 25.5. The Balaban J connectivity index is 1.58. The highest BCUT2D eigenvalue weighted by Crippen LogP contribution is 2.45. The van der Waals surface area contributed by atoms with Crippen LogP contribution in [0.15, 0.2) is 24.4 Å². The third kappa shape index (κ3) is 4.97. The molecule has 8 heteroatoms. The van der Waals surface area contributed by atoms with Crippen LogP contribution in [0.4, 0.5) is 5.82 Å². The number of halogens is 1. The molecule has 2 aromatic heterocycles. The minimum atomic E-state index is 0.0701. The van der Waals surface area contributed by atoms with Crippen molar-refractivity contribution in [3.8, 4) is 17.6 Å². The Morgan fingerprint density at radius 3 is 2.81 bits per heavy atom. The van der Waals surface area contributed by atoms with Crippen molar-refractivity contribution in [1.82, 2.24) is 14.9 Å². The van der Waals surface area contributed by atoms with Gasteiger partial charge < -0.3 is 14.5 Å². The van der Waals surface area contributed by atoms with Crippen molar-refractivity contribution in [1.29, 1.82) is 5.26 Å². The molecule has 2 fully saturated rings. The summed E-state index contributed by atoms with van der Waals surface area (Å²) in [6, 6.07) is 7.53. The number of rotatable bonds is 7. The van der Waals surface area contributed by atoms with Gasteiger partial charge in [-0.25, -0.2) is 9.97 Å². The van der Waals surface area contributed by atoms with E-state index >= 15 is 0 Å². The Morgan fingerprint density at radius 1 is 1.34 bits per heavy atom. The van der Waals surface area contributed by atoms with Crippen molar-refractivity contribution in [3.63, 3.8) is 0 Å². The van der Waals surface area contributed by atoms with Gasteiger partial charge in [0.05, 0.1) is 11.3 Å². The van der Waals surface area contributed by atoms with E-state index in [1.54, 1.807) is 24.4 Å². The van der Waals surface area contributed by atoms with E-state index in [2.05, 4.69) is 29.8 Å². The summed E-state index contributed by atoms with van der Waals surface area (Å²) in [5.74, 6) is 2.39. The molecule has 0 radical (unpaired) electrons. The van der Waals surface area contributed by atoms with E-state index in [0.29, 0.717) is 60.0 Å². The first kappa shape index (κ1) is 22.3. The van der Waals surface area contributed by atoms with Crippen LogP contribution in [0.25, 0.3) is 0 Å². The van der Waals surface area contributed by atoms with Crippen LogP contribution in [0.3, 0.4) is 0 Å². The lowest BCUT2D eigenvalue weighted by Gasteiger charge is -2.41. The maximum Gasteiger partial charge on any atom is 0.222 e. The number of aromatic nitrogens is 2. The first-order valence-electron chi connectivity index (χ1n) is 11.3. The Morgan fingerprint density at radius 2 is 2.16 bits per heavy atom. The molecule has 4 rings (SSSR count). The van der Waals surface area contributed by atoms with Crippen molar-refractivity contribution in [2.45, 2.75) is 57.9 Å². The van der Waals surface area contributed by atoms with Crippen molar-refractivity contribution in [2.24, 2.45) is 0 Å². The number of anilines is 1. The smallest absolute Gasteiger partial charge is 0.222 e. The van der Waals surface area contributed by atoms with Crippen LogP contribution in [0.5, 0.6) is 11.5 Å². The van der Waals surface area contributed by atoms with Gasteiger partial charge in [0.1, 0.15) is 22.8 Å². The Bertz CT molecular complexity index is 1030. The molecule has 32 heavy (non-hydrogen) atoms. The van der Waals surface area contributed by atoms with Crippen molar-refractivity contribution in [2.75, 3.05) is 24.5 Å². The van der Waals surface area contributed by atoms with Gasteiger partial charge >= 0.3 is 0 Å². The number of nitriles is 1. The molecule has 0 N–H and O–H groups in total. The third-order valence-electron chi connectivity index (χ3n) is 6.00. The topological polar surface area (TPSA) is 82.3 Å². The minimum Gasteiger partial charge on any atom is -0.455 e. The second kappa shape index (κ2) is 9.74. The van der Waals surface area contributed by atoms with Gasteiger partial charge in [0.25, 0.3) is 0 Å². The number of carbonyl (C=O) groups excluding carboxylic acids is 1. The van der Waals surface area contributed by atoms with Gasteiger partial charge in [-0.05, 0) is 32.3 Å². The van der Waals surface area contributed by atoms with Gasteiger partial charge in [0.15, 0.2) is 5.75 Å². The van der Waals surface area contributed by atoms with Gasteiger partial charge in [-0.1, -0.05) is 24.9 Å². The molecule has 1 saturated carbocycles. The van der Waals surface area contributed by atoms with E-state index in [1.807, 2.05) is 4.90 Å². The van der Waals surface area contributed by atoms with E-state index in [9.17, 15) is 10.1 Å². The second-order valence-corrected chi connectivity index (χ2v) is 8.92. The third-order valence-corrected chi connectivity index (χ3v) is 6.20. The van der Waals surface area contributed by atoms with Gasteiger partial charge in [0.2, 0.25) is 5.91 Å². The van der Waals surface area contributed by atoms with Crippen LogP contribution in [-0.4, -0.2) is 46.5 Å². The molecule has 1 amide bonds. The summed E-state index contributed by atoms with van der Waals surface area (Å²) in [6.45, 7) is 6.12. The molecule has 2 aliphatic rings. The van der Waals surface area contributed by atoms with Crippen LogP contribution in [0, 0.1) is 11.3 Å². The highest BCUT2D eigenvalue weighted by Gasteiger charge is 2.33. The van der Waals surface area contributed by atoms with Crippen LogP contribution in [-0.2, 0) is 4.79 Å². The maximum atomic E-state index is 12.5. The lowest BCUT2D eigenvalue weighted by Crippen LogP contribution is -2.54. The molecule has 0 spiro atoms. The molecular formula is C24H28ClN5O2. The Labute approximate surface area is 194 Å². The molecule has 7 nitrogen and oxygen atoms in total. The normalized spacial score (nSPS) is 18.4. The van der Waals surface area contributed by atoms with Crippen molar-refractivity contribution in [3.05, 3.63) is 40.8 Å². The monoisotopic (exact) mass is 453 g/mol. The van der Waals surface area contributed by atoms with E-state index < -0.39 is 0 Å². The minimum absolute atomic E-state index is 0.0701. The molecule has 3 heterocycles. The Kier molecular flexibility index (Phi) is 6.80. The summed E-state index contributed by atoms with van der Waals surface area (Å²) in [5.41, 5.74) is 1.35. The number of piperazine rings is 1. The van der Waals surface area contributed by atoms with Gasteiger partial charge in [-0.15, -0.1) is 0 Å². The molecule has 1 atom stereocenters. The number of carbonyl (C=O) groups is 1. The van der Waals surface area contributed by atoms with E-state index in [-0.39, 0.29) is 11.9 Å². The Hall–Kier alpha value is -2.85. The molecule has 1 unspecified atom stereocenters. The molecule has 2 aromatic rings. The zero-order chi connectivity index (χ0) is 22.7. The van der Waals surface area contributed by atoms with Gasteiger partial charge in [0, 0.05) is 56.3 Å². The number of hydrogen-bond donors (Lipinski definition) is 0. The molecule has 1 saturated heterocycles. The molecule has 1 aliphatic heterocycles. The number of nitrogens with zero attached hydrogens (tertiary/aromatic N) is 5. The number of unbranched alkanes of at least 4 members (excludes halogenated alkanes) is 1. The van der Waals surface area contributed by atoms with Crippen LogP contribution in [0.2, 0.25) is 5.15 Å². The number of ether oxygens (including phenoxy) is 1. The fraction of sp³-hybridized carbons (Fsp3) is 0.500. The summed E-state index contributed by atoms with van der Waals surface area (Å²) < 4.78 is 6.07. The first-order chi connectivity index (χ1) is 15.5. The number of hydrogen-bond acceptors (Lipinski definition) is 6. The van der Waals surface area contributed by atoms with Gasteiger partial charge in [-0.2, -0.15) is 5.26 Å². The fourth-order valence-corrected chi connectivity index (χ4v) is 4.28. The van der Waals surface area contributed by atoms with E-state index in [1.165, 1.54) is 0 Å². The van der Waals surface area contributed by atoms with Crippen molar-refractivity contribution < 1.29 is 9.53 Å². The van der Waals surface area contributed by atoms with Crippen LogP contribution in [0.1, 0.15) is 63.1 Å². The zero-order valence-electron chi connectivity index (χ0n) is 18.6. The quantitative estimate of drug-likeness (QED) is 0.554. The molecule has 0 bridgehead atoms. The first-order valence-corrected chi connectivity index (χ1v) is 11.7. The van der Waals surface area contributed by atoms with E-state index in [4.69, 9.17) is 21.3 Å². The van der Waals surface area contributed by atoms with Crippen molar-refractivity contribution >= 4 is 23.3 Å². The molecular weight excluding hydrogens is 426 g/mol. The fourth-order valence-electron chi connectivity index (χ4n) is 4.12. The summed E-state index contributed by atoms with van der Waals surface area (Å²) in [7, 11) is 0. The lowest BCUT2D eigenvalue weighted by molar-refractivity contribution is -0.133. The summed E-state index contributed by atoms with van der Waals surface area (Å²) in [5, 5.41) is 10.2. The number of pyridine rings is 2. The zero-order valence-corrected chi connectivity index (χ0v) is 19.3. The average molecular weight is 454 g/mol. The largest absolute Gasteiger partial charge is 0.455 e. The SMILES string of the molecule is CCCCC(=O)N1CCN(c2nc(C3CC3)c(Oc3ccnc(Cl)c3)cc2C#N)CC1C.